The summed E-state index contributed by atoms with van der Waals surface area (Å²) >= 11 is 0. The van der Waals surface area contributed by atoms with Gasteiger partial charge in [0, 0.05) is 34.6 Å². The van der Waals surface area contributed by atoms with Crippen LogP contribution in [0.5, 0.6) is 0 Å². The van der Waals surface area contributed by atoms with Gasteiger partial charge in [0.15, 0.2) is 0 Å². The molecular weight excluding hydrogens is 497 g/mol. The Morgan fingerprint density at radius 3 is 2.43 bits per heavy atom. The van der Waals surface area contributed by atoms with E-state index in [1.165, 1.54) is 18.0 Å². The Bertz CT molecular complexity index is 1260. The lowest BCUT2D eigenvalue weighted by molar-refractivity contribution is -0.140. The van der Waals surface area contributed by atoms with Gasteiger partial charge in [0.25, 0.3) is 5.91 Å². The van der Waals surface area contributed by atoms with Crippen molar-refractivity contribution in [1.29, 1.82) is 0 Å². The molecule has 6 nitrogen and oxygen atoms in total. The molecule has 2 heterocycles. The topological polar surface area (TPSA) is 82.5 Å². The summed E-state index contributed by atoms with van der Waals surface area (Å²) < 4.78 is 68.1. The summed E-state index contributed by atoms with van der Waals surface area (Å²) in [7, 11) is 0. The second-order valence-corrected chi connectivity index (χ2v) is 10.3. The first-order chi connectivity index (χ1) is 17.4. The van der Waals surface area contributed by atoms with Crippen molar-refractivity contribution in [2.75, 3.05) is 0 Å². The molecular formula is C26H26F5N3O3. The average Bonchev–Trinajstić information content (AvgIpc) is 3.75. The summed E-state index contributed by atoms with van der Waals surface area (Å²) in [4.78, 5) is 32.6. The standard InChI is InChI=1S/C26H26F5N3O3/c1-11-5-15(17(10-32-11)12(2)35)25(37)34-21-6-14(21)7-22(34)24(36)33-23(13-3-4-13)16-8-20(28)18(9-19(16)27)26(29,30)31/h5,8-10,12-14,21-23,35H,3-4,6-7H2,1-2H3,(H,33,36)/t12?,14-,21-,22-,23-/m1/s1. The number of pyridine rings is 1. The number of alkyl halides is 3. The number of amides is 2. The summed E-state index contributed by atoms with van der Waals surface area (Å²) in [6.45, 7) is 3.21. The molecule has 2 saturated carbocycles. The number of carbonyl (C=O) groups excluding carboxylic acids is 2. The highest BCUT2D eigenvalue weighted by molar-refractivity contribution is 6.00. The number of aromatic nitrogens is 1. The largest absolute Gasteiger partial charge is 0.419 e. The van der Waals surface area contributed by atoms with Crippen LogP contribution in [-0.2, 0) is 11.0 Å². The van der Waals surface area contributed by atoms with Crippen LogP contribution >= 0.6 is 0 Å². The molecule has 1 aromatic heterocycles. The van der Waals surface area contributed by atoms with Gasteiger partial charge < -0.3 is 15.3 Å². The Balaban J connectivity index is 1.42. The molecule has 5 atom stereocenters. The maximum absolute atomic E-state index is 14.8. The summed E-state index contributed by atoms with van der Waals surface area (Å²) in [6.07, 6.45) is -2.28. The van der Waals surface area contributed by atoms with Gasteiger partial charge in [-0.15, -0.1) is 0 Å². The van der Waals surface area contributed by atoms with Crippen LogP contribution in [0.15, 0.2) is 24.4 Å². The lowest BCUT2D eigenvalue weighted by Crippen LogP contribution is -2.49. The minimum atomic E-state index is -5.05. The fourth-order valence-corrected chi connectivity index (χ4v) is 5.36. The predicted octanol–water partition coefficient (Wildman–Crippen LogP) is 4.61. The Labute approximate surface area is 209 Å². The highest BCUT2D eigenvalue weighted by atomic mass is 19.4. The van der Waals surface area contributed by atoms with Gasteiger partial charge in [0.05, 0.1) is 17.7 Å². The van der Waals surface area contributed by atoms with Crippen molar-refractivity contribution in [3.05, 3.63) is 64.0 Å². The van der Waals surface area contributed by atoms with E-state index in [4.69, 9.17) is 0 Å². The van der Waals surface area contributed by atoms with E-state index >= 15 is 0 Å². The number of piperidine rings is 1. The van der Waals surface area contributed by atoms with Gasteiger partial charge in [-0.25, -0.2) is 8.78 Å². The highest BCUT2D eigenvalue weighted by Crippen LogP contribution is 2.49. The normalized spacial score (nSPS) is 24.4. The van der Waals surface area contributed by atoms with Gasteiger partial charge >= 0.3 is 6.18 Å². The molecule has 0 bridgehead atoms. The number of benzene rings is 1. The molecule has 1 aliphatic heterocycles. The molecule has 0 spiro atoms. The summed E-state index contributed by atoms with van der Waals surface area (Å²) in [5.74, 6) is -3.98. The smallest absolute Gasteiger partial charge is 0.389 e. The number of rotatable bonds is 6. The molecule has 2 aromatic rings. The van der Waals surface area contributed by atoms with Crippen LogP contribution in [0.25, 0.3) is 0 Å². The van der Waals surface area contributed by atoms with Gasteiger partial charge in [-0.2, -0.15) is 13.2 Å². The van der Waals surface area contributed by atoms with E-state index in [2.05, 4.69) is 10.3 Å². The molecule has 1 saturated heterocycles. The third-order valence-corrected chi connectivity index (χ3v) is 7.51. The number of fused-ring (bicyclic) bond motifs is 1. The minimum Gasteiger partial charge on any atom is -0.389 e. The van der Waals surface area contributed by atoms with E-state index in [-0.39, 0.29) is 35.1 Å². The van der Waals surface area contributed by atoms with Crippen molar-refractivity contribution in [2.24, 2.45) is 11.8 Å². The number of halogens is 5. The number of aliphatic hydroxyl groups excluding tert-OH is 1. The fraction of sp³-hybridized carbons (Fsp3) is 0.500. The molecule has 2 amide bonds. The number of hydrogen-bond acceptors (Lipinski definition) is 4. The first-order valence-electron chi connectivity index (χ1n) is 12.2. The van der Waals surface area contributed by atoms with Crippen LogP contribution in [-0.4, -0.2) is 38.9 Å². The molecule has 3 fully saturated rings. The number of nitrogens with zero attached hydrogens (tertiary/aromatic N) is 2. The van der Waals surface area contributed by atoms with Crippen LogP contribution < -0.4 is 5.32 Å². The van der Waals surface area contributed by atoms with E-state index < -0.39 is 53.4 Å². The van der Waals surface area contributed by atoms with Crippen LogP contribution in [0, 0.1) is 30.4 Å². The Kier molecular flexibility index (Phi) is 6.24. The summed E-state index contributed by atoms with van der Waals surface area (Å²) in [6, 6.07) is 0.131. The fourth-order valence-electron chi connectivity index (χ4n) is 5.36. The molecule has 198 valence electrons. The molecule has 2 N–H and O–H groups in total. The zero-order valence-corrected chi connectivity index (χ0v) is 20.1. The van der Waals surface area contributed by atoms with Crippen molar-refractivity contribution < 1.29 is 36.6 Å². The number of likely N-dealkylation sites (tertiary alicyclic amines) is 1. The van der Waals surface area contributed by atoms with Crippen molar-refractivity contribution in [2.45, 2.75) is 69.9 Å². The van der Waals surface area contributed by atoms with Crippen LogP contribution in [0.3, 0.4) is 0 Å². The van der Waals surface area contributed by atoms with Crippen LogP contribution in [0.1, 0.15) is 77.5 Å². The average molecular weight is 524 g/mol. The third-order valence-electron chi connectivity index (χ3n) is 7.51. The van der Waals surface area contributed by atoms with Crippen molar-refractivity contribution >= 4 is 11.8 Å². The maximum atomic E-state index is 14.8. The van der Waals surface area contributed by atoms with Gasteiger partial charge in [-0.05, 0) is 69.6 Å². The van der Waals surface area contributed by atoms with E-state index in [1.807, 2.05) is 0 Å². The van der Waals surface area contributed by atoms with Gasteiger partial charge in [-0.3, -0.25) is 14.6 Å². The minimum absolute atomic E-state index is 0.121. The van der Waals surface area contributed by atoms with Crippen molar-refractivity contribution in [1.82, 2.24) is 15.2 Å². The lowest BCUT2D eigenvalue weighted by atomic mass is 9.98. The summed E-state index contributed by atoms with van der Waals surface area (Å²) in [5, 5.41) is 12.9. The van der Waals surface area contributed by atoms with E-state index in [0.29, 0.717) is 36.6 Å². The number of aliphatic hydroxyl groups is 1. The van der Waals surface area contributed by atoms with E-state index in [0.717, 1.165) is 6.42 Å². The molecule has 11 heteroatoms. The zero-order chi connectivity index (χ0) is 26.8. The molecule has 3 aliphatic rings. The highest BCUT2D eigenvalue weighted by Gasteiger charge is 2.56. The first-order valence-corrected chi connectivity index (χ1v) is 12.2. The van der Waals surface area contributed by atoms with Crippen molar-refractivity contribution in [3.8, 4) is 0 Å². The van der Waals surface area contributed by atoms with Crippen molar-refractivity contribution in [3.63, 3.8) is 0 Å². The Hall–Kier alpha value is -3.08. The predicted molar refractivity (Wildman–Crippen MR) is 121 cm³/mol. The maximum Gasteiger partial charge on any atom is 0.419 e. The second kappa shape index (κ2) is 9.04. The number of carbonyl (C=O) groups is 2. The van der Waals surface area contributed by atoms with Crippen LogP contribution in [0.4, 0.5) is 22.0 Å². The Morgan fingerprint density at radius 2 is 1.81 bits per heavy atom. The monoisotopic (exact) mass is 523 g/mol. The molecule has 5 rings (SSSR count). The number of hydrogen-bond donors (Lipinski definition) is 2. The zero-order valence-electron chi connectivity index (χ0n) is 20.1. The lowest BCUT2D eigenvalue weighted by Gasteiger charge is -2.30. The summed E-state index contributed by atoms with van der Waals surface area (Å²) in [5.41, 5.74) is -0.916. The van der Waals surface area contributed by atoms with Gasteiger partial charge in [0.1, 0.15) is 17.7 Å². The third kappa shape index (κ3) is 4.81. The molecule has 2 aliphatic carbocycles. The quantitative estimate of drug-likeness (QED) is 0.542. The Morgan fingerprint density at radius 1 is 1.11 bits per heavy atom. The SMILES string of the molecule is Cc1cc(C(=O)N2[C@@H](C(=O)N[C@@H](c3cc(F)c(C(F)(F)F)cc3F)C3CC3)C[C@H]3C[C@H]32)c(C(C)O)cn1. The number of aryl methyl sites for hydroxylation is 1. The molecule has 1 unspecified atom stereocenters. The van der Waals surface area contributed by atoms with E-state index in [1.54, 1.807) is 13.0 Å². The van der Waals surface area contributed by atoms with Crippen LogP contribution in [0.2, 0.25) is 0 Å². The molecule has 0 radical (unpaired) electrons. The number of nitrogens with one attached hydrogen (secondary N) is 1. The first kappa shape index (κ1) is 25.6. The second-order valence-electron chi connectivity index (χ2n) is 10.3. The van der Waals surface area contributed by atoms with E-state index in [9.17, 15) is 36.6 Å². The van der Waals surface area contributed by atoms with Gasteiger partial charge in [-0.1, -0.05) is 0 Å². The van der Waals surface area contributed by atoms with Gasteiger partial charge in [0.2, 0.25) is 5.91 Å². The molecule has 37 heavy (non-hydrogen) atoms. The molecule has 1 aromatic carbocycles.